The van der Waals surface area contributed by atoms with Gasteiger partial charge in [0.15, 0.2) is 6.29 Å². The molecule has 3 rings (SSSR count). The number of aliphatic hydroxyl groups is 1. The molecule has 0 radical (unpaired) electrons. The van der Waals surface area contributed by atoms with Gasteiger partial charge < -0.3 is 19.7 Å². The summed E-state index contributed by atoms with van der Waals surface area (Å²) in [6.45, 7) is 2.31. The first kappa shape index (κ1) is 19.6. The minimum Gasteiger partial charge on any atom is -0.508 e. The second-order valence-corrected chi connectivity index (χ2v) is 6.18. The number of hydrogen-bond donors (Lipinski definition) is 2. The predicted molar refractivity (Wildman–Crippen MR) is 102 cm³/mol. The van der Waals surface area contributed by atoms with E-state index >= 15 is 0 Å². The normalized spacial score (nSPS) is 15.7. The van der Waals surface area contributed by atoms with Crippen LogP contribution in [0.4, 0.5) is 5.69 Å². The molecule has 2 aromatic carbocycles. The summed E-state index contributed by atoms with van der Waals surface area (Å²) in [6, 6.07) is 12.9. The fourth-order valence-corrected chi connectivity index (χ4v) is 2.91. The summed E-state index contributed by atoms with van der Waals surface area (Å²) >= 11 is 0. The topological polar surface area (TPSA) is 96.3 Å². The Balaban J connectivity index is 1.63. The molecular weight excluding hydrogens is 362 g/mol. The van der Waals surface area contributed by atoms with Crippen LogP contribution >= 0.6 is 0 Å². The number of carbonyl (C=O) groups excluding carboxylic acids is 2. The SMILES string of the molecule is CCOC(CC(O)Oc1ccc(N2C(=O)C=CC2=O)cc1)c1ccc(O)cc1. The smallest absolute Gasteiger partial charge is 0.258 e. The maximum atomic E-state index is 11.7. The van der Waals surface area contributed by atoms with E-state index < -0.39 is 24.2 Å². The Morgan fingerprint density at radius 1 is 0.964 bits per heavy atom. The maximum absolute atomic E-state index is 11.7. The van der Waals surface area contributed by atoms with E-state index in [0.717, 1.165) is 10.5 Å². The quantitative estimate of drug-likeness (QED) is 0.537. The molecule has 2 unspecified atom stereocenters. The molecule has 28 heavy (non-hydrogen) atoms. The lowest BCUT2D eigenvalue weighted by Crippen LogP contribution is -2.29. The number of anilines is 1. The lowest BCUT2D eigenvalue weighted by atomic mass is 10.1. The lowest BCUT2D eigenvalue weighted by Gasteiger charge is -2.22. The van der Waals surface area contributed by atoms with E-state index in [1.54, 1.807) is 48.5 Å². The summed E-state index contributed by atoms with van der Waals surface area (Å²) in [5.74, 6) is -0.246. The molecule has 7 heteroatoms. The predicted octanol–water partition coefficient (Wildman–Crippen LogP) is 2.69. The summed E-state index contributed by atoms with van der Waals surface area (Å²) in [6.07, 6.45) is 1.09. The van der Waals surface area contributed by atoms with Crippen LogP contribution in [0.15, 0.2) is 60.7 Å². The Labute approximate surface area is 162 Å². The van der Waals surface area contributed by atoms with Gasteiger partial charge in [0, 0.05) is 25.2 Å². The monoisotopic (exact) mass is 383 g/mol. The molecule has 1 aliphatic heterocycles. The van der Waals surface area contributed by atoms with Crippen LogP contribution in [-0.2, 0) is 14.3 Å². The minimum absolute atomic E-state index is 0.154. The molecule has 1 heterocycles. The molecule has 146 valence electrons. The van der Waals surface area contributed by atoms with Crippen LogP contribution in [-0.4, -0.2) is 34.9 Å². The molecule has 2 amide bonds. The fourth-order valence-electron chi connectivity index (χ4n) is 2.91. The van der Waals surface area contributed by atoms with Gasteiger partial charge in [-0.1, -0.05) is 12.1 Å². The minimum atomic E-state index is -1.13. The van der Waals surface area contributed by atoms with Crippen molar-refractivity contribution in [3.8, 4) is 11.5 Å². The van der Waals surface area contributed by atoms with E-state index in [1.807, 2.05) is 6.92 Å². The van der Waals surface area contributed by atoms with Crippen LogP contribution in [0.1, 0.15) is 25.0 Å². The second-order valence-electron chi connectivity index (χ2n) is 6.18. The van der Waals surface area contributed by atoms with Crippen LogP contribution < -0.4 is 9.64 Å². The molecule has 1 aliphatic rings. The highest BCUT2D eigenvalue weighted by atomic mass is 16.6. The van der Waals surface area contributed by atoms with Gasteiger partial charge in [0.05, 0.1) is 11.8 Å². The van der Waals surface area contributed by atoms with Gasteiger partial charge in [0.1, 0.15) is 11.5 Å². The number of aliphatic hydroxyl groups excluding tert-OH is 1. The molecule has 0 aliphatic carbocycles. The van der Waals surface area contributed by atoms with Crippen LogP contribution in [0, 0.1) is 0 Å². The molecular formula is C21H21NO6. The summed E-state index contributed by atoms with van der Waals surface area (Å²) in [5, 5.41) is 19.7. The Hall–Kier alpha value is -3.16. The van der Waals surface area contributed by atoms with Crippen molar-refractivity contribution >= 4 is 17.5 Å². The van der Waals surface area contributed by atoms with Crippen molar-refractivity contribution in [2.75, 3.05) is 11.5 Å². The average Bonchev–Trinajstić information content (AvgIpc) is 3.01. The van der Waals surface area contributed by atoms with Gasteiger partial charge in [-0.15, -0.1) is 0 Å². The van der Waals surface area contributed by atoms with Crippen molar-refractivity contribution in [3.63, 3.8) is 0 Å². The van der Waals surface area contributed by atoms with Gasteiger partial charge in [0.2, 0.25) is 0 Å². The van der Waals surface area contributed by atoms with Crippen molar-refractivity contribution in [1.29, 1.82) is 0 Å². The second kappa shape index (κ2) is 8.69. The van der Waals surface area contributed by atoms with Gasteiger partial charge in [-0.3, -0.25) is 9.59 Å². The number of benzene rings is 2. The summed E-state index contributed by atoms with van der Waals surface area (Å²) in [4.78, 5) is 24.5. The molecule has 0 bridgehead atoms. The molecule has 2 atom stereocenters. The Morgan fingerprint density at radius 3 is 2.14 bits per heavy atom. The lowest BCUT2D eigenvalue weighted by molar-refractivity contribution is -0.120. The zero-order chi connectivity index (χ0) is 20.1. The fraction of sp³-hybridized carbons (Fsp3) is 0.238. The van der Waals surface area contributed by atoms with Crippen molar-refractivity contribution in [1.82, 2.24) is 0 Å². The highest BCUT2D eigenvalue weighted by molar-refractivity contribution is 6.28. The molecule has 0 saturated heterocycles. The van der Waals surface area contributed by atoms with E-state index in [9.17, 15) is 19.8 Å². The molecule has 0 spiro atoms. The molecule has 7 nitrogen and oxygen atoms in total. The van der Waals surface area contributed by atoms with Crippen molar-refractivity contribution < 1.29 is 29.3 Å². The average molecular weight is 383 g/mol. The van der Waals surface area contributed by atoms with Crippen LogP contribution in [0.25, 0.3) is 0 Å². The van der Waals surface area contributed by atoms with E-state index in [4.69, 9.17) is 9.47 Å². The van der Waals surface area contributed by atoms with Gasteiger partial charge in [-0.25, -0.2) is 4.90 Å². The molecule has 0 saturated carbocycles. The zero-order valence-corrected chi connectivity index (χ0v) is 15.3. The standard InChI is InChI=1S/C21H21NO6/c1-2-27-18(14-3-7-16(23)8-4-14)13-21(26)28-17-9-5-15(6-10-17)22-19(24)11-12-20(22)25/h3-12,18,21,23,26H,2,13H2,1H3. The van der Waals surface area contributed by atoms with Crippen molar-refractivity contribution in [3.05, 3.63) is 66.2 Å². The number of nitrogens with zero attached hydrogens (tertiary/aromatic N) is 1. The molecule has 0 aromatic heterocycles. The Bertz CT molecular complexity index is 841. The van der Waals surface area contributed by atoms with E-state index in [0.29, 0.717) is 18.0 Å². The molecule has 2 N–H and O–H groups in total. The zero-order valence-electron chi connectivity index (χ0n) is 15.3. The van der Waals surface area contributed by atoms with E-state index in [2.05, 4.69) is 0 Å². The third-order valence-corrected chi connectivity index (χ3v) is 4.22. The number of phenolic OH excluding ortho intramolecular Hbond substituents is 1. The molecule has 0 fully saturated rings. The van der Waals surface area contributed by atoms with Crippen molar-refractivity contribution in [2.45, 2.75) is 25.7 Å². The third-order valence-electron chi connectivity index (χ3n) is 4.22. The summed E-state index contributed by atoms with van der Waals surface area (Å²) in [5.41, 5.74) is 1.24. The highest BCUT2D eigenvalue weighted by Gasteiger charge is 2.25. The van der Waals surface area contributed by atoms with E-state index in [1.165, 1.54) is 12.2 Å². The number of imide groups is 1. The number of phenols is 1. The van der Waals surface area contributed by atoms with Gasteiger partial charge in [-0.2, -0.15) is 0 Å². The van der Waals surface area contributed by atoms with Crippen LogP contribution in [0.5, 0.6) is 11.5 Å². The Morgan fingerprint density at radius 2 is 1.57 bits per heavy atom. The van der Waals surface area contributed by atoms with Crippen LogP contribution in [0.3, 0.4) is 0 Å². The third kappa shape index (κ3) is 4.57. The number of aromatic hydroxyl groups is 1. The number of amides is 2. The van der Waals surface area contributed by atoms with Crippen LogP contribution in [0.2, 0.25) is 0 Å². The van der Waals surface area contributed by atoms with Crippen molar-refractivity contribution in [2.24, 2.45) is 0 Å². The first-order valence-electron chi connectivity index (χ1n) is 8.89. The summed E-state index contributed by atoms with van der Waals surface area (Å²) in [7, 11) is 0. The first-order chi connectivity index (χ1) is 13.5. The Kier molecular flexibility index (Phi) is 6.08. The molecule has 2 aromatic rings. The highest BCUT2D eigenvalue weighted by Crippen LogP contribution is 2.27. The maximum Gasteiger partial charge on any atom is 0.258 e. The summed E-state index contributed by atoms with van der Waals surface area (Å²) < 4.78 is 11.2. The first-order valence-corrected chi connectivity index (χ1v) is 8.89. The number of rotatable bonds is 8. The van der Waals surface area contributed by atoms with Gasteiger partial charge in [-0.05, 0) is 48.9 Å². The number of ether oxygens (including phenoxy) is 2. The van der Waals surface area contributed by atoms with Gasteiger partial charge >= 0.3 is 0 Å². The number of hydrogen-bond acceptors (Lipinski definition) is 6. The van der Waals surface area contributed by atoms with E-state index in [-0.39, 0.29) is 12.2 Å². The number of carbonyl (C=O) groups is 2. The largest absolute Gasteiger partial charge is 0.508 e. The van der Waals surface area contributed by atoms with Gasteiger partial charge in [0.25, 0.3) is 11.8 Å².